The number of nitrogens with one attached hydrogen (secondary N) is 1. The van der Waals surface area contributed by atoms with Gasteiger partial charge in [0.25, 0.3) is 0 Å². The van der Waals surface area contributed by atoms with Crippen molar-refractivity contribution in [3.63, 3.8) is 0 Å². The smallest absolute Gasteiger partial charge is 0.179 e. The number of anilines is 1. The second-order valence-corrected chi connectivity index (χ2v) is 5.33. The van der Waals surface area contributed by atoms with E-state index in [9.17, 15) is 4.39 Å². The summed E-state index contributed by atoms with van der Waals surface area (Å²) in [7, 11) is 0. The molecule has 0 atom stereocenters. The van der Waals surface area contributed by atoms with Crippen LogP contribution in [0.4, 0.5) is 10.1 Å². The van der Waals surface area contributed by atoms with E-state index >= 15 is 0 Å². The van der Waals surface area contributed by atoms with Crippen LogP contribution in [0.3, 0.4) is 0 Å². The second-order valence-electron chi connectivity index (χ2n) is 4.92. The molecule has 0 aliphatic carbocycles. The van der Waals surface area contributed by atoms with Crippen molar-refractivity contribution in [1.82, 2.24) is 0 Å². The number of aryl methyl sites for hydroxylation is 1. The Labute approximate surface area is 127 Å². The van der Waals surface area contributed by atoms with E-state index in [1.807, 2.05) is 18.2 Å². The third kappa shape index (κ3) is 3.05. The fraction of sp³-hybridized carbons (Fsp3) is 0.250. The fourth-order valence-corrected chi connectivity index (χ4v) is 2.46. The molecule has 3 rings (SSSR count). The largest absolute Gasteiger partial charge is 0.486 e. The van der Waals surface area contributed by atoms with Gasteiger partial charge in [-0.2, -0.15) is 0 Å². The van der Waals surface area contributed by atoms with Crippen LogP contribution in [0.2, 0.25) is 5.02 Å². The van der Waals surface area contributed by atoms with Crippen LogP contribution in [-0.2, 0) is 6.54 Å². The lowest BCUT2D eigenvalue weighted by atomic mass is 10.1. The zero-order valence-corrected chi connectivity index (χ0v) is 12.3. The van der Waals surface area contributed by atoms with Gasteiger partial charge >= 0.3 is 0 Å². The lowest BCUT2D eigenvalue weighted by Crippen LogP contribution is -2.16. The van der Waals surface area contributed by atoms with Crippen molar-refractivity contribution in [3.05, 3.63) is 52.3 Å². The Bertz CT molecular complexity index is 676. The SMILES string of the molecule is Cc1ccc(NCc2cc(Cl)c3c(c2)OCCO3)cc1F. The molecule has 0 radical (unpaired) electrons. The Balaban J connectivity index is 1.76. The van der Waals surface area contributed by atoms with E-state index in [1.54, 1.807) is 13.0 Å². The lowest BCUT2D eigenvalue weighted by molar-refractivity contribution is 0.171. The summed E-state index contributed by atoms with van der Waals surface area (Å²) in [5.41, 5.74) is 2.30. The van der Waals surface area contributed by atoms with Crippen LogP contribution >= 0.6 is 11.6 Å². The molecule has 1 heterocycles. The number of ether oxygens (including phenoxy) is 2. The molecular formula is C16H15ClFNO2. The first kappa shape index (κ1) is 14.0. The van der Waals surface area contributed by atoms with Crippen molar-refractivity contribution in [2.75, 3.05) is 18.5 Å². The topological polar surface area (TPSA) is 30.5 Å². The van der Waals surface area contributed by atoms with E-state index in [1.165, 1.54) is 6.07 Å². The van der Waals surface area contributed by atoms with Crippen LogP contribution in [0, 0.1) is 12.7 Å². The van der Waals surface area contributed by atoms with Gasteiger partial charge in [0, 0.05) is 12.2 Å². The van der Waals surface area contributed by atoms with E-state index in [4.69, 9.17) is 21.1 Å². The molecule has 0 fully saturated rings. The van der Waals surface area contributed by atoms with Crippen molar-refractivity contribution < 1.29 is 13.9 Å². The summed E-state index contributed by atoms with van der Waals surface area (Å²) in [4.78, 5) is 0. The van der Waals surface area contributed by atoms with Crippen molar-refractivity contribution in [1.29, 1.82) is 0 Å². The zero-order valence-electron chi connectivity index (χ0n) is 11.6. The van der Waals surface area contributed by atoms with Crippen molar-refractivity contribution >= 4 is 17.3 Å². The van der Waals surface area contributed by atoms with Crippen LogP contribution in [0.15, 0.2) is 30.3 Å². The van der Waals surface area contributed by atoms with Crippen molar-refractivity contribution in [2.24, 2.45) is 0 Å². The number of halogens is 2. The Morgan fingerprint density at radius 1 is 1.19 bits per heavy atom. The van der Waals surface area contributed by atoms with Crippen LogP contribution in [-0.4, -0.2) is 13.2 Å². The maximum Gasteiger partial charge on any atom is 0.179 e. The second kappa shape index (κ2) is 5.82. The molecule has 0 aromatic heterocycles. The molecule has 3 nitrogen and oxygen atoms in total. The summed E-state index contributed by atoms with van der Waals surface area (Å²) in [6.07, 6.45) is 0. The molecule has 0 unspecified atom stereocenters. The molecule has 21 heavy (non-hydrogen) atoms. The Morgan fingerprint density at radius 3 is 2.81 bits per heavy atom. The Kier molecular flexibility index (Phi) is 3.88. The quantitative estimate of drug-likeness (QED) is 0.923. The third-order valence-electron chi connectivity index (χ3n) is 3.33. The molecule has 0 saturated carbocycles. The highest BCUT2D eigenvalue weighted by atomic mass is 35.5. The molecule has 2 aromatic carbocycles. The first-order chi connectivity index (χ1) is 10.1. The molecule has 1 aliphatic heterocycles. The van der Waals surface area contributed by atoms with Gasteiger partial charge in [-0.25, -0.2) is 4.39 Å². The normalized spacial score (nSPS) is 13.1. The number of hydrogen-bond acceptors (Lipinski definition) is 3. The van der Waals surface area contributed by atoms with Gasteiger partial charge in [0.05, 0.1) is 5.02 Å². The molecule has 1 aliphatic rings. The van der Waals surface area contributed by atoms with E-state index in [-0.39, 0.29) is 5.82 Å². The number of hydrogen-bond donors (Lipinski definition) is 1. The molecule has 2 aromatic rings. The van der Waals surface area contributed by atoms with Gasteiger partial charge in [0.15, 0.2) is 11.5 Å². The molecule has 0 spiro atoms. The number of fused-ring (bicyclic) bond motifs is 1. The molecular weight excluding hydrogens is 293 g/mol. The van der Waals surface area contributed by atoms with Gasteiger partial charge in [-0.3, -0.25) is 0 Å². The van der Waals surface area contributed by atoms with Gasteiger partial charge in [0.1, 0.15) is 19.0 Å². The molecule has 0 amide bonds. The van der Waals surface area contributed by atoms with Crippen LogP contribution in [0.1, 0.15) is 11.1 Å². The van der Waals surface area contributed by atoms with E-state index in [0.29, 0.717) is 41.8 Å². The van der Waals surface area contributed by atoms with Gasteiger partial charge in [-0.15, -0.1) is 0 Å². The average molecular weight is 308 g/mol. The monoisotopic (exact) mass is 307 g/mol. The number of rotatable bonds is 3. The van der Waals surface area contributed by atoms with Crippen LogP contribution in [0.5, 0.6) is 11.5 Å². The standard InChI is InChI=1S/C16H15ClFNO2/c1-10-2-3-12(8-14(10)18)19-9-11-6-13(17)16-15(7-11)20-4-5-21-16/h2-3,6-8,19H,4-5,9H2,1H3. The summed E-state index contributed by atoms with van der Waals surface area (Å²) >= 11 is 6.18. The molecule has 0 saturated heterocycles. The molecule has 1 N–H and O–H groups in total. The molecule has 0 bridgehead atoms. The fourth-order valence-electron chi connectivity index (χ4n) is 2.17. The van der Waals surface area contributed by atoms with E-state index < -0.39 is 0 Å². The minimum absolute atomic E-state index is 0.222. The number of benzene rings is 2. The van der Waals surface area contributed by atoms with Gasteiger partial charge in [-0.05, 0) is 42.3 Å². The first-order valence-electron chi connectivity index (χ1n) is 6.71. The van der Waals surface area contributed by atoms with Crippen LogP contribution < -0.4 is 14.8 Å². The summed E-state index contributed by atoms with van der Waals surface area (Å²) in [5.74, 6) is 1.02. The maximum atomic E-state index is 13.5. The lowest BCUT2D eigenvalue weighted by Gasteiger charge is -2.20. The Morgan fingerprint density at radius 2 is 2.00 bits per heavy atom. The van der Waals surface area contributed by atoms with Crippen LogP contribution in [0.25, 0.3) is 0 Å². The van der Waals surface area contributed by atoms with Gasteiger partial charge < -0.3 is 14.8 Å². The average Bonchev–Trinajstić information content (AvgIpc) is 2.49. The highest BCUT2D eigenvalue weighted by Gasteiger charge is 2.16. The summed E-state index contributed by atoms with van der Waals surface area (Å²) < 4.78 is 24.5. The Hall–Kier alpha value is -1.94. The van der Waals surface area contributed by atoms with Crippen molar-refractivity contribution in [3.8, 4) is 11.5 Å². The summed E-state index contributed by atoms with van der Waals surface area (Å²) in [5, 5.41) is 3.69. The molecule has 5 heteroatoms. The van der Waals surface area contributed by atoms with Gasteiger partial charge in [-0.1, -0.05) is 17.7 Å². The summed E-state index contributed by atoms with van der Waals surface area (Å²) in [6.45, 7) is 3.29. The first-order valence-corrected chi connectivity index (χ1v) is 7.09. The van der Waals surface area contributed by atoms with E-state index in [2.05, 4.69) is 5.32 Å². The minimum atomic E-state index is -0.222. The van der Waals surface area contributed by atoms with E-state index in [0.717, 1.165) is 11.3 Å². The highest BCUT2D eigenvalue weighted by Crippen LogP contribution is 2.38. The summed E-state index contributed by atoms with van der Waals surface area (Å²) in [6, 6.07) is 8.78. The minimum Gasteiger partial charge on any atom is -0.486 e. The predicted octanol–water partition coefficient (Wildman–Crippen LogP) is 4.17. The molecule has 110 valence electrons. The predicted molar refractivity (Wildman–Crippen MR) is 80.9 cm³/mol. The third-order valence-corrected chi connectivity index (χ3v) is 3.61. The zero-order chi connectivity index (χ0) is 14.8. The van der Waals surface area contributed by atoms with Gasteiger partial charge in [0.2, 0.25) is 0 Å². The maximum absolute atomic E-state index is 13.5. The van der Waals surface area contributed by atoms with Crippen molar-refractivity contribution in [2.45, 2.75) is 13.5 Å². The highest BCUT2D eigenvalue weighted by molar-refractivity contribution is 6.32.